The molecule has 3 rings (SSSR count). The first-order chi connectivity index (χ1) is 12.1. The van der Waals surface area contributed by atoms with E-state index in [1.54, 1.807) is 7.11 Å². The molecule has 0 spiro atoms. The molecule has 8 nitrogen and oxygen atoms in total. The molecule has 2 heterocycles. The fourth-order valence-corrected chi connectivity index (χ4v) is 2.50. The van der Waals surface area contributed by atoms with Gasteiger partial charge in [-0.2, -0.15) is 0 Å². The number of methoxy groups -OCH3 is 1. The fraction of sp³-hybridized carbons (Fsp3) is 0.353. The molecule has 8 heteroatoms. The van der Waals surface area contributed by atoms with E-state index in [2.05, 4.69) is 10.5 Å². The molecular formula is C17H19N3O5. The molecule has 1 aliphatic rings. The number of aromatic nitrogens is 1. The van der Waals surface area contributed by atoms with Gasteiger partial charge in [0.2, 0.25) is 5.91 Å². The van der Waals surface area contributed by atoms with Crippen LogP contribution in [0.2, 0.25) is 0 Å². The summed E-state index contributed by atoms with van der Waals surface area (Å²) in [6.45, 7) is 2.98. The normalized spacial score (nSPS) is 14.2. The van der Waals surface area contributed by atoms with Gasteiger partial charge in [0.25, 0.3) is 5.91 Å². The minimum atomic E-state index is -0.335. The van der Waals surface area contributed by atoms with Gasteiger partial charge in [-0.25, -0.2) is 0 Å². The van der Waals surface area contributed by atoms with Gasteiger partial charge in [0.15, 0.2) is 23.0 Å². The molecule has 1 aromatic heterocycles. The maximum Gasteiger partial charge on any atom is 0.276 e. The summed E-state index contributed by atoms with van der Waals surface area (Å²) in [5.74, 6) is 1.09. The zero-order valence-corrected chi connectivity index (χ0v) is 14.1. The zero-order valence-electron chi connectivity index (χ0n) is 14.1. The van der Waals surface area contributed by atoms with Crippen molar-refractivity contribution in [3.63, 3.8) is 0 Å². The molecule has 1 saturated heterocycles. The molecule has 0 saturated carbocycles. The van der Waals surface area contributed by atoms with Crippen molar-refractivity contribution in [3.8, 4) is 11.5 Å². The van der Waals surface area contributed by atoms with Crippen molar-refractivity contribution >= 4 is 11.8 Å². The molecule has 0 atom stereocenters. The number of hydrogen-bond donors (Lipinski definition) is 1. The van der Waals surface area contributed by atoms with Crippen molar-refractivity contribution in [1.29, 1.82) is 0 Å². The van der Waals surface area contributed by atoms with E-state index in [-0.39, 0.29) is 30.7 Å². The van der Waals surface area contributed by atoms with E-state index in [0.29, 0.717) is 30.3 Å². The highest BCUT2D eigenvalue weighted by Gasteiger charge is 2.25. The second-order valence-corrected chi connectivity index (χ2v) is 5.70. The van der Waals surface area contributed by atoms with Gasteiger partial charge in [-0.3, -0.25) is 9.59 Å². The molecule has 0 aliphatic carbocycles. The first kappa shape index (κ1) is 16.8. The first-order valence-electron chi connectivity index (χ1n) is 7.86. The van der Waals surface area contributed by atoms with Crippen LogP contribution in [-0.2, 0) is 11.4 Å². The minimum absolute atomic E-state index is 0.0259. The van der Waals surface area contributed by atoms with Crippen LogP contribution in [-0.4, -0.2) is 48.6 Å². The summed E-state index contributed by atoms with van der Waals surface area (Å²) in [6.07, 6.45) is 0. The second kappa shape index (κ2) is 7.25. The Kier molecular flexibility index (Phi) is 4.87. The number of rotatable bonds is 5. The highest BCUT2D eigenvalue weighted by Crippen LogP contribution is 2.28. The number of aryl methyl sites for hydroxylation is 1. The van der Waals surface area contributed by atoms with Gasteiger partial charge in [0.1, 0.15) is 6.61 Å². The number of nitrogens with one attached hydrogen (secondary N) is 1. The summed E-state index contributed by atoms with van der Waals surface area (Å²) >= 11 is 0. The molecular weight excluding hydrogens is 326 g/mol. The molecule has 1 fully saturated rings. The van der Waals surface area contributed by atoms with E-state index >= 15 is 0 Å². The third-order valence-electron chi connectivity index (χ3n) is 3.79. The van der Waals surface area contributed by atoms with E-state index in [1.807, 2.05) is 25.1 Å². The summed E-state index contributed by atoms with van der Waals surface area (Å²) in [5, 5.41) is 6.44. The third-order valence-corrected chi connectivity index (χ3v) is 3.79. The lowest BCUT2D eigenvalue weighted by Gasteiger charge is -2.25. The Bertz CT molecular complexity index is 786. The average molecular weight is 345 g/mol. The average Bonchev–Trinajstić information content (AvgIpc) is 3.09. The van der Waals surface area contributed by atoms with E-state index in [9.17, 15) is 9.59 Å². The summed E-state index contributed by atoms with van der Waals surface area (Å²) in [5.41, 5.74) is 1.21. The molecule has 1 N–H and O–H groups in total. The SMILES string of the molecule is COc1cc(C)ccc1OCc1cc(C(=O)N2CCNC(=O)C2)no1. The Morgan fingerprint density at radius 2 is 2.20 bits per heavy atom. The second-order valence-electron chi connectivity index (χ2n) is 5.70. The smallest absolute Gasteiger partial charge is 0.276 e. The lowest BCUT2D eigenvalue weighted by molar-refractivity contribution is -0.123. The fourth-order valence-electron chi connectivity index (χ4n) is 2.50. The minimum Gasteiger partial charge on any atom is -0.493 e. The number of benzene rings is 1. The molecule has 25 heavy (non-hydrogen) atoms. The number of carbonyl (C=O) groups is 2. The summed E-state index contributed by atoms with van der Waals surface area (Å²) in [7, 11) is 1.57. The Morgan fingerprint density at radius 3 is 2.96 bits per heavy atom. The largest absolute Gasteiger partial charge is 0.493 e. The van der Waals surface area contributed by atoms with Crippen LogP contribution in [0.3, 0.4) is 0 Å². The molecule has 0 bridgehead atoms. The Balaban J connectivity index is 1.64. The monoisotopic (exact) mass is 345 g/mol. The number of amides is 2. The van der Waals surface area contributed by atoms with Crippen LogP contribution in [0.1, 0.15) is 21.8 Å². The summed E-state index contributed by atoms with van der Waals surface area (Å²) < 4.78 is 16.1. The van der Waals surface area contributed by atoms with Gasteiger partial charge in [0, 0.05) is 19.2 Å². The van der Waals surface area contributed by atoms with Crippen LogP contribution in [0.5, 0.6) is 11.5 Å². The topological polar surface area (TPSA) is 93.9 Å². The van der Waals surface area contributed by atoms with Gasteiger partial charge in [0.05, 0.1) is 13.7 Å². The van der Waals surface area contributed by atoms with E-state index in [4.69, 9.17) is 14.0 Å². The number of hydrogen-bond acceptors (Lipinski definition) is 6. The Morgan fingerprint density at radius 1 is 1.36 bits per heavy atom. The van der Waals surface area contributed by atoms with Crippen molar-refractivity contribution < 1.29 is 23.6 Å². The van der Waals surface area contributed by atoms with Crippen molar-refractivity contribution in [1.82, 2.24) is 15.4 Å². The molecule has 1 aliphatic heterocycles. The van der Waals surface area contributed by atoms with Crippen LogP contribution in [0.15, 0.2) is 28.8 Å². The maximum atomic E-state index is 12.3. The summed E-state index contributed by atoms with van der Waals surface area (Å²) in [6, 6.07) is 7.11. The van der Waals surface area contributed by atoms with Crippen molar-refractivity contribution in [3.05, 3.63) is 41.3 Å². The number of carbonyl (C=O) groups excluding carboxylic acids is 2. The predicted molar refractivity (Wildman–Crippen MR) is 87.5 cm³/mol. The van der Waals surface area contributed by atoms with Gasteiger partial charge in [-0.15, -0.1) is 0 Å². The molecule has 132 valence electrons. The molecule has 2 amide bonds. The van der Waals surface area contributed by atoms with Gasteiger partial charge in [-0.1, -0.05) is 11.2 Å². The Hall–Kier alpha value is -3.03. The zero-order chi connectivity index (χ0) is 17.8. The number of piperazine rings is 1. The van der Waals surface area contributed by atoms with Crippen LogP contribution < -0.4 is 14.8 Å². The van der Waals surface area contributed by atoms with Crippen molar-refractivity contribution in [2.75, 3.05) is 26.7 Å². The predicted octanol–water partition coefficient (Wildman–Crippen LogP) is 1.14. The highest BCUT2D eigenvalue weighted by molar-refractivity contribution is 5.95. The van der Waals surface area contributed by atoms with Gasteiger partial charge in [-0.05, 0) is 24.6 Å². The molecule has 1 aromatic carbocycles. The number of nitrogens with zero attached hydrogens (tertiary/aromatic N) is 2. The van der Waals surface area contributed by atoms with Crippen molar-refractivity contribution in [2.24, 2.45) is 0 Å². The molecule has 2 aromatic rings. The van der Waals surface area contributed by atoms with Crippen molar-refractivity contribution in [2.45, 2.75) is 13.5 Å². The highest BCUT2D eigenvalue weighted by atomic mass is 16.5. The van der Waals surface area contributed by atoms with Crippen LogP contribution in [0.25, 0.3) is 0 Å². The van der Waals surface area contributed by atoms with E-state index in [1.165, 1.54) is 11.0 Å². The number of ether oxygens (including phenoxy) is 2. The van der Waals surface area contributed by atoms with Crippen LogP contribution >= 0.6 is 0 Å². The van der Waals surface area contributed by atoms with Gasteiger partial charge < -0.3 is 24.2 Å². The quantitative estimate of drug-likeness (QED) is 0.873. The van der Waals surface area contributed by atoms with Crippen LogP contribution in [0.4, 0.5) is 0 Å². The first-order valence-corrected chi connectivity index (χ1v) is 7.86. The molecule has 0 radical (unpaired) electrons. The third kappa shape index (κ3) is 3.90. The van der Waals surface area contributed by atoms with E-state index in [0.717, 1.165) is 5.56 Å². The standard InChI is InChI=1S/C17H19N3O5/c1-11-3-4-14(15(7-11)23-2)24-10-12-8-13(19-25-12)17(22)20-6-5-18-16(21)9-20/h3-4,7-8H,5-6,9-10H2,1-2H3,(H,18,21). The van der Waals surface area contributed by atoms with Gasteiger partial charge >= 0.3 is 0 Å². The van der Waals surface area contributed by atoms with Crippen LogP contribution in [0, 0.1) is 6.92 Å². The Labute approximate surface area is 144 Å². The van der Waals surface area contributed by atoms with E-state index < -0.39 is 0 Å². The maximum absolute atomic E-state index is 12.3. The lowest BCUT2D eigenvalue weighted by Crippen LogP contribution is -2.50. The lowest BCUT2D eigenvalue weighted by atomic mass is 10.2. The molecule has 0 unspecified atom stereocenters. The summed E-state index contributed by atoms with van der Waals surface area (Å²) in [4.78, 5) is 25.1.